The molecular formula is C36H39N7O3. The van der Waals surface area contributed by atoms with Crippen LogP contribution in [0.15, 0.2) is 48.9 Å². The van der Waals surface area contributed by atoms with Crippen molar-refractivity contribution in [1.82, 2.24) is 30.4 Å². The summed E-state index contributed by atoms with van der Waals surface area (Å²) in [6.07, 6.45) is 16.8. The van der Waals surface area contributed by atoms with Gasteiger partial charge >= 0.3 is 0 Å². The van der Waals surface area contributed by atoms with Crippen molar-refractivity contribution in [2.45, 2.75) is 76.2 Å². The van der Waals surface area contributed by atoms with E-state index in [4.69, 9.17) is 0 Å². The van der Waals surface area contributed by atoms with E-state index in [-0.39, 0.29) is 17.7 Å². The maximum absolute atomic E-state index is 13.9. The number of aromatic amines is 1. The van der Waals surface area contributed by atoms with E-state index in [0.717, 1.165) is 82.9 Å². The first-order valence-corrected chi connectivity index (χ1v) is 16.3. The third kappa shape index (κ3) is 5.57. The zero-order chi connectivity index (χ0) is 31.8. The highest BCUT2D eigenvalue weighted by Crippen LogP contribution is 2.46. The lowest BCUT2D eigenvalue weighted by molar-refractivity contribution is -0.132. The number of nitrogens with one attached hydrogen (secondary N) is 3. The smallest absolute Gasteiger partial charge is 0.253 e. The Labute approximate surface area is 268 Å². The number of carbonyl (C=O) groups excluding carboxylic acids is 3. The topological polar surface area (TPSA) is 133 Å². The Morgan fingerprint density at radius 3 is 2.70 bits per heavy atom. The lowest BCUT2D eigenvalue weighted by atomic mass is 9.79. The molecular weight excluding hydrogens is 578 g/mol. The van der Waals surface area contributed by atoms with Gasteiger partial charge < -0.3 is 15.5 Å². The monoisotopic (exact) mass is 617 g/mol. The van der Waals surface area contributed by atoms with Crippen molar-refractivity contribution in [3.63, 3.8) is 0 Å². The van der Waals surface area contributed by atoms with Crippen molar-refractivity contribution < 1.29 is 14.4 Å². The molecule has 2 aliphatic heterocycles. The predicted octanol–water partition coefficient (Wildman–Crippen LogP) is 4.82. The number of pyridine rings is 2. The molecule has 3 amide bonds. The molecule has 5 heterocycles. The second-order valence-corrected chi connectivity index (χ2v) is 13.1. The zero-order valence-electron chi connectivity index (χ0n) is 26.4. The first-order chi connectivity index (χ1) is 22.3. The first kappa shape index (κ1) is 29.8. The molecule has 236 valence electrons. The third-order valence-electron chi connectivity index (χ3n) is 9.77. The number of anilines is 1. The molecule has 1 aliphatic carbocycles. The lowest BCUT2D eigenvalue weighted by Gasteiger charge is -2.25. The molecule has 4 aromatic rings. The van der Waals surface area contributed by atoms with Crippen LogP contribution in [0.25, 0.3) is 17.0 Å². The Balaban J connectivity index is 1.20. The van der Waals surface area contributed by atoms with E-state index in [2.05, 4.69) is 49.0 Å². The predicted molar refractivity (Wildman–Crippen MR) is 176 cm³/mol. The summed E-state index contributed by atoms with van der Waals surface area (Å²) in [6.45, 7) is 2.63. The number of aryl methyl sites for hydroxylation is 1. The molecule has 2 atom stereocenters. The minimum Gasteiger partial charge on any atom is -0.344 e. The summed E-state index contributed by atoms with van der Waals surface area (Å²) >= 11 is 0. The van der Waals surface area contributed by atoms with E-state index in [1.54, 1.807) is 23.5 Å². The van der Waals surface area contributed by atoms with Gasteiger partial charge in [-0.25, -0.2) is 4.98 Å². The van der Waals surface area contributed by atoms with Gasteiger partial charge in [-0.05, 0) is 73.1 Å². The van der Waals surface area contributed by atoms with Gasteiger partial charge in [0.05, 0.1) is 22.7 Å². The molecule has 46 heavy (non-hydrogen) atoms. The Bertz CT molecular complexity index is 1880. The third-order valence-corrected chi connectivity index (χ3v) is 9.77. The second-order valence-electron chi connectivity index (χ2n) is 13.1. The number of amides is 3. The molecule has 3 aliphatic rings. The highest BCUT2D eigenvalue weighted by molar-refractivity contribution is 6.06. The van der Waals surface area contributed by atoms with Gasteiger partial charge in [0.15, 0.2) is 0 Å². The number of H-pyrrole nitrogens is 1. The molecule has 7 rings (SSSR count). The molecule has 2 unspecified atom stereocenters. The van der Waals surface area contributed by atoms with Crippen LogP contribution in [0.4, 0.5) is 5.82 Å². The van der Waals surface area contributed by atoms with Crippen molar-refractivity contribution >= 4 is 40.5 Å². The van der Waals surface area contributed by atoms with Crippen LogP contribution in [0.5, 0.6) is 0 Å². The van der Waals surface area contributed by atoms with Crippen LogP contribution >= 0.6 is 0 Å². The second kappa shape index (κ2) is 12.2. The zero-order valence-corrected chi connectivity index (χ0v) is 26.4. The van der Waals surface area contributed by atoms with E-state index in [0.29, 0.717) is 37.2 Å². The minimum atomic E-state index is -0.807. The molecule has 0 saturated carbocycles. The number of likely N-dealkylation sites (N-methyl/N-ethyl adjacent to an activating group) is 1. The van der Waals surface area contributed by atoms with E-state index >= 15 is 0 Å². The Hall–Kier alpha value is -4.86. The van der Waals surface area contributed by atoms with Gasteiger partial charge in [0, 0.05) is 55.5 Å². The summed E-state index contributed by atoms with van der Waals surface area (Å²) in [5.41, 5.74) is 6.01. The van der Waals surface area contributed by atoms with Crippen molar-refractivity contribution in [1.29, 1.82) is 0 Å². The molecule has 5 bridgehead atoms. The number of rotatable bonds is 2. The Morgan fingerprint density at radius 2 is 1.80 bits per heavy atom. The van der Waals surface area contributed by atoms with Crippen LogP contribution in [0, 0.1) is 6.92 Å². The van der Waals surface area contributed by atoms with Crippen LogP contribution in [0.1, 0.15) is 82.4 Å². The fourth-order valence-corrected chi connectivity index (χ4v) is 7.23. The number of benzene rings is 1. The number of carbonyl (C=O) groups is 3. The van der Waals surface area contributed by atoms with E-state index in [9.17, 15) is 14.4 Å². The summed E-state index contributed by atoms with van der Waals surface area (Å²) in [5, 5.41) is 14.2. The molecule has 0 saturated heterocycles. The average molecular weight is 618 g/mol. The highest BCUT2D eigenvalue weighted by Gasteiger charge is 2.52. The van der Waals surface area contributed by atoms with Crippen molar-refractivity contribution in [2.75, 3.05) is 18.9 Å². The van der Waals surface area contributed by atoms with Crippen LogP contribution < -0.4 is 10.6 Å². The SMILES string of the molecule is Cc1cc(CC2NC(=O)c3cnc4c(c3)CC3(C4)C(=O)Nc4ncc(cc43)C=CCCCCCCCN(C)C2=O)cc2cn[nH]c12. The molecule has 10 nitrogen and oxygen atoms in total. The van der Waals surface area contributed by atoms with Crippen LogP contribution in [0.2, 0.25) is 0 Å². The number of fused-ring (bicyclic) bond motifs is 3. The number of hydrogen-bond acceptors (Lipinski definition) is 6. The fourth-order valence-electron chi connectivity index (χ4n) is 7.23. The molecule has 1 aromatic carbocycles. The van der Waals surface area contributed by atoms with Crippen molar-refractivity contribution in [3.05, 3.63) is 88.0 Å². The molecule has 1 spiro atoms. The van der Waals surface area contributed by atoms with Crippen LogP contribution in [0.3, 0.4) is 0 Å². The normalized spacial score (nSPS) is 22.1. The summed E-state index contributed by atoms with van der Waals surface area (Å²) in [6, 6.07) is 7.19. The van der Waals surface area contributed by atoms with Crippen molar-refractivity contribution in [3.8, 4) is 0 Å². The van der Waals surface area contributed by atoms with Gasteiger partial charge in [0.2, 0.25) is 11.8 Å². The Morgan fingerprint density at radius 1 is 0.957 bits per heavy atom. The standard InChI is InChI=1S/C36H39N7O3/c1-22-12-24(13-26-21-39-42-31(22)26)15-29-34(45)43(2)11-9-7-5-3-4-6-8-10-23-14-28-32(38-19-23)41-35(46)36(28)17-25-16-27(33(44)40-29)20-37-30(25)18-36/h8,10,12-14,16,19-21,29H,3-7,9,11,15,17-18H2,1-2H3,(H,39,42)(H,40,44)(H,38,41,46). The number of hydrogen-bond donors (Lipinski definition) is 3. The van der Waals surface area contributed by atoms with Gasteiger partial charge in [-0.2, -0.15) is 5.10 Å². The average Bonchev–Trinajstić information content (AvgIpc) is 3.75. The minimum absolute atomic E-state index is 0.0897. The van der Waals surface area contributed by atoms with Gasteiger partial charge in [0.25, 0.3) is 5.91 Å². The Kier molecular flexibility index (Phi) is 7.88. The highest BCUT2D eigenvalue weighted by atomic mass is 16.2. The van der Waals surface area contributed by atoms with Gasteiger partial charge in [0.1, 0.15) is 11.9 Å². The summed E-state index contributed by atoms with van der Waals surface area (Å²) in [7, 11) is 1.82. The van der Waals surface area contributed by atoms with Crippen molar-refractivity contribution in [2.24, 2.45) is 0 Å². The quantitative estimate of drug-likeness (QED) is 0.296. The maximum atomic E-state index is 13.9. The number of aromatic nitrogens is 4. The van der Waals surface area contributed by atoms with Gasteiger partial charge in [-0.1, -0.05) is 37.5 Å². The lowest BCUT2D eigenvalue weighted by Crippen LogP contribution is -2.48. The molecule has 0 fully saturated rings. The summed E-state index contributed by atoms with van der Waals surface area (Å²) < 4.78 is 0. The van der Waals surface area contributed by atoms with Gasteiger partial charge in [-0.3, -0.25) is 24.5 Å². The number of nitrogens with zero attached hydrogens (tertiary/aromatic N) is 4. The summed E-state index contributed by atoms with van der Waals surface area (Å²) in [5.74, 6) is 0.0164. The largest absolute Gasteiger partial charge is 0.344 e. The molecule has 3 aromatic heterocycles. The molecule has 0 radical (unpaired) electrons. The van der Waals surface area contributed by atoms with E-state index in [1.165, 1.54) is 0 Å². The van der Waals surface area contributed by atoms with E-state index in [1.807, 2.05) is 32.2 Å². The van der Waals surface area contributed by atoms with E-state index < -0.39 is 11.5 Å². The first-order valence-electron chi connectivity index (χ1n) is 16.3. The molecule has 3 N–H and O–H groups in total. The number of allylic oxidation sites excluding steroid dienone is 1. The fraction of sp³-hybridized carbons (Fsp3) is 0.389. The molecule has 10 heteroatoms. The van der Waals surface area contributed by atoms with Crippen LogP contribution in [-0.2, 0) is 34.3 Å². The van der Waals surface area contributed by atoms with Crippen LogP contribution in [-0.4, -0.2) is 62.4 Å². The van der Waals surface area contributed by atoms with Gasteiger partial charge in [-0.15, -0.1) is 0 Å². The summed E-state index contributed by atoms with van der Waals surface area (Å²) in [4.78, 5) is 52.1. The maximum Gasteiger partial charge on any atom is 0.253 e.